The summed E-state index contributed by atoms with van der Waals surface area (Å²) in [4.78, 5) is 17.0. The molecule has 1 aromatic carbocycles. The lowest BCUT2D eigenvalue weighted by Gasteiger charge is -2.28. The van der Waals surface area contributed by atoms with E-state index in [-0.39, 0.29) is 5.78 Å². The zero-order chi connectivity index (χ0) is 13.9. The van der Waals surface area contributed by atoms with Crippen molar-refractivity contribution in [2.24, 2.45) is 11.1 Å². The number of ketones is 1. The van der Waals surface area contributed by atoms with Crippen molar-refractivity contribution in [1.29, 1.82) is 0 Å². The van der Waals surface area contributed by atoms with E-state index in [0.717, 1.165) is 29.3 Å². The zero-order valence-corrected chi connectivity index (χ0v) is 11.5. The maximum atomic E-state index is 12.7. The molecule has 3 nitrogen and oxygen atoms in total. The van der Waals surface area contributed by atoms with Crippen LogP contribution in [0.4, 0.5) is 0 Å². The number of nitrogens with zero attached hydrogens (tertiary/aromatic N) is 1. The first-order valence-corrected chi connectivity index (χ1v) is 6.76. The molecule has 1 heterocycles. The SMILES string of the molecule is CCC(CC)(CN)C(=O)c1ccc2ncccc2c1. The largest absolute Gasteiger partial charge is 0.329 e. The predicted octanol–water partition coefficient (Wildman–Crippen LogP) is 3.18. The van der Waals surface area contributed by atoms with E-state index in [4.69, 9.17) is 5.73 Å². The molecule has 0 unspecified atom stereocenters. The quantitative estimate of drug-likeness (QED) is 0.836. The molecular weight excluding hydrogens is 236 g/mol. The summed E-state index contributed by atoms with van der Waals surface area (Å²) in [7, 11) is 0. The van der Waals surface area contributed by atoms with E-state index < -0.39 is 5.41 Å². The van der Waals surface area contributed by atoms with Crippen LogP contribution >= 0.6 is 0 Å². The molecule has 0 aliphatic heterocycles. The van der Waals surface area contributed by atoms with E-state index in [1.54, 1.807) is 6.20 Å². The van der Waals surface area contributed by atoms with Gasteiger partial charge >= 0.3 is 0 Å². The highest BCUT2D eigenvalue weighted by Crippen LogP contribution is 2.30. The van der Waals surface area contributed by atoms with Gasteiger partial charge in [-0.1, -0.05) is 19.9 Å². The molecule has 0 amide bonds. The van der Waals surface area contributed by atoms with Gasteiger partial charge in [-0.05, 0) is 37.1 Å². The van der Waals surface area contributed by atoms with Crippen molar-refractivity contribution < 1.29 is 4.79 Å². The number of hydrogen-bond donors (Lipinski definition) is 1. The Bertz CT molecular complexity index is 580. The van der Waals surface area contributed by atoms with Crippen LogP contribution < -0.4 is 5.73 Å². The van der Waals surface area contributed by atoms with E-state index in [1.165, 1.54) is 0 Å². The van der Waals surface area contributed by atoms with Crippen LogP contribution in [-0.4, -0.2) is 17.3 Å². The fourth-order valence-corrected chi connectivity index (χ4v) is 2.48. The van der Waals surface area contributed by atoms with Gasteiger partial charge in [0.1, 0.15) is 0 Å². The van der Waals surface area contributed by atoms with Crippen LogP contribution in [0, 0.1) is 5.41 Å². The number of Topliss-reactive ketones (excluding diaryl/α,β-unsaturated/α-hetero) is 1. The molecule has 0 saturated heterocycles. The van der Waals surface area contributed by atoms with E-state index in [9.17, 15) is 4.79 Å². The van der Waals surface area contributed by atoms with Crippen molar-refractivity contribution in [3.63, 3.8) is 0 Å². The fraction of sp³-hybridized carbons (Fsp3) is 0.375. The van der Waals surface area contributed by atoms with Crippen molar-refractivity contribution in [2.75, 3.05) is 6.54 Å². The number of hydrogen-bond acceptors (Lipinski definition) is 3. The van der Waals surface area contributed by atoms with Crippen LogP contribution in [0.5, 0.6) is 0 Å². The van der Waals surface area contributed by atoms with Gasteiger partial charge in [0, 0.05) is 29.1 Å². The molecule has 0 saturated carbocycles. The molecule has 3 heteroatoms. The molecule has 2 N–H and O–H groups in total. The standard InChI is InChI=1S/C16H20N2O/c1-3-16(4-2,11-17)15(19)13-7-8-14-12(10-13)6-5-9-18-14/h5-10H,3-4,11,17H2,1-2H3. The highest BCUT2D eigenvalue weighted by Gasteiger charge is 2.33. The molecule has 0 aliphatic rings. The second-order valence-corrected chi connectivity index (χ2v) is 4.93. The number of nitrogens with two attached hydrogens (primary N) is 1. The fourth-order valence-electron chi connectivity index (χ4n) is 2.48. The van der Waals surface area contributed by atoms with Crippen LogP contribution in [0.2, 0.25) is 0 Å². The van der Waals surface area contributed by atoms with Gasteiger partial charge in [0.2, 0.25) is 0 Å². The number of carbonyl (C=O) groups is 1. The monoisotopic (exact) mass is 256 g/mol. The highest BCUT2D eigenvalue weighted by atomic mass is 16.1. The Labute approximate surface area is 113 Å². The van der Waals surface area contributed by atoms with Gasteiger partial charge in [0.25, 0.3) is 0 Å². The molecule has 2 aromatic rings. The molecule has 0 bridgehead atoms. The van der Waals surface area contributed by atoms with E-state index in [0.29, 0.717) is 6.54 Å². The van der Waals surface area contributed by atoms with Gasteiger partial charge < -0.3 is 5.73 Å². The average Bonchev–Trinajstić information content (AvgIpc) is 2.49. The normalized spacial score (nSPS) is 11.7. The van der Waals surface area contributed by atoms with E-state index in [1.807, 2.05) is 44.2 Å². The van der Waals surface area contributed by atoms with Crippen molar-refractivity contribution in [1.82, 2.24) is 4.98 Å². The maximum Gasteiger partial charge on any atom is 0.170 e. The van der Waals surface area contributed by atoms with Gasteiger partial charge in [-0.15, -0.1) is 0 Å². The molecule has 0 atom stereocenters. The van der Waals surface area contributed by atoms with Crippen molar-refractivity contribution in [3.05, 3.63) is 42.1 Å². The van der Waals surface area contributed by atoms with E-state index in [2.05, 4.69) is 4.98 Å². The maximum absolute atomic E-state index is 12.7. The third kappa shape index (κ3) is 2.38. The number of carbonyl (C=O) groups excluding carboxylic acids is 1. The summed E-state index contributed by atoms with van der Waals surface area (Å²) < 4.78 is 0. The third-order valence-corrected chi connectivity index (χ3v) is 4.09. The first-order valence-electron chi connectivity index (χ1n) is 6.76. The predicted molar refractivity (Wildman–Crippen MR) is 78.1 cm³/mol. The van der Waals surface area contributed by atoms with Crippen molar-refractivity contribution in [2.45, 2.75) is 26.7 Å². The molecule has 2 rings (SSSR count). The number of pyridine rings is 1. The van der Waals surface area contributed by atoms with Crippen LogP contribution in [0.25, 0.3) is 10.9 Å². The van der Waals surface area contributed by atoms with Crippen LogP contribution in [0.3, 0.4) is 0 Å². The molecule has 1 aromatic heterocycles. The molecule has 0 fully saturated rings. The Morgan fingerprint density at radius 1 is 1.26 bits per heavy atom. The smallest absolute Gasteiger partial charge is 0.170 e. The molecule has 0 aliphatic carbocycles. The topological polar surface area (TPSA) is 56.0 Å². The van der Waals surface area contributed by atoms with Crippen LogP contribution in [0.15, 0.2) is 36.5 Å². The third-order valence-electron chi connectivity index (χ3n) is 4.09. The van der Waals surface area contributed by atoms with Gasteiger partial charge in [-0.25, -0.2) is 0 Å². The number of fused-ring (bicyclic) bond motifs is 1. The molecule has 0 radical (unpaired) electrons. The first-order chi connectivity index (χ1) is 9.16. The van der Waals surface area contributed by atoms with Crippen molar-refractivity contribution >= 4 is 16.7 Å². The minimum Gasteiger partial charge on any atom is -0.329 e. The van der Waals surface area contributed by atoms with E-state index >= 15 is 0 Å². The Kier molecular flexibility index (Phi) is 3.96. The Morgan fingerprint density at radius 2 is 2.00 bits per heavy atom. The minimum atomic E-state index is -0.435. The van der Waals surface area contributed by atoms with Gasteiger partial charge in [-0.3, -0.25) is 9.78 Å². The van der Waals surface area contributed by atoms with Gasteiger partial charge in [0.05, 0.1) is 5.52 Å². The van der Waals surface area contributed by atoms with Gasteiger partial charge in [0.15, 0.2) is 5.78 Å². The first kappa shape index (κ1) is 13.7. The second kappa shape index (κ2) is 5.49. The summed E-state index contributed by atoms with van der Waals surface area (Å²) in [5.74, 6) is 0.144. The summed E-state index contributed by atoms with van der Waals surface area (Å²) >= 11 is 0. The zero-order valence-electron chi connectivity index (χ0n) is 11.5. The summed E-state index contributed by atoms with van der Waals surface area (Å²) in [6.45, 7) is 4.44. The van der Waals surface area contributed by atoms with Crippen molar-refractivity contribution in [3.8, 4) is 0 Å². The molecule has 19 heavy (non-hydrogen) atoms. The van der Waals surface area contributed by atoms with Crippen LogP contribution in [0.1, 0.15) is 37.0 Å². The summed E-state index contributed by atoms with van der Waals surface area (Å²) in [5.41, 5.74) is 7.05. The second-order valence-electron chi connectivity index (χ2n) is 4.93. The summed E-state index contributed by atoms with van der Waals surface area (Å²) in [6.07, 6.45) is 3.29. The Morgan fingerprint density at radius 3 is 2.63 bits per heavy atom. The minimum absolute atomic E-state index is 0.144. The lowest BCUT2D eigenvalue weighted by atomic mass is 9.76. The highest BCUT2D eigenvalue weighted by molar-refractivity contribution is 6.03. The average molecular weight is 256 g/mol. The number of rotatable bonds is 5. The van der Waals surface area contributed by atoms with Gasteiger partial charge in [-0.2, -0.15) is 0 Å². The molecular formula is C16H20N2O. The summed E-state index contributed by atoms with van der Waals surface area (Å²) in [6, 6.07) is 9.52. The number of benzene rings is 1. The Hall–Kier alpha value is -1.74. The Balaban J connectivity index is 2.46. The molecule has 0 spiro atoms. The summed E-state index contributed by atoms with van der Waals surface area (Å²) in [5, 5.41) is 0.992. The lowest BCUT2D eigenvalue weighted by molar-refractivity contribution is 0.0787. The number of aromatic nitrogens is 1. The molecule has 100 valence electrons. The van der Waals surface area contributed by atoms with Crippen LogP contribution in [-0.2, 0) is 0 Å². The lowest BCUT2D eigenvalue weighted by Crippen LogP contribution is -2.37.